The van der Waals surface area contributed by atoms with Gasteiger partial charge in [0.05, 0.1) is 0 Å². The van der Waals surface area contributed by atoms with Crippen LogP contribution in [0, 0.1) is 0 Å². The van der Waals surface area contributed by atoms with E-state index >= 15 is 0 Å². The first-order valence-corrected chi connectivity index (χ1v) is 47.5. The first kappa shape index (κ1) is 86.3. The Kier molecular flexibility index (Phi) is 24.2. The number of furan rings is 4. The molecule has 0 aliphatic heterocycles. The summed E-state index contributed by atoms with van der Waals surface area (Å²) in [7, 11) is 0. The van der Waals surface area contributed by atoms with Crippen molar-refractivity contribution in [3.05, 3.63) is 483 Å². The van der Waals surface area contributed by atoms with Gasteiger partial charge in [-0.2, -0.15) is 0 Å². The molecule has 4 aromatic heterocycles. The highest BCUT2D eigenvalue weighted by Gasteiger charge is 2.18. The molecule has 656 valence electrons. The Morgan fingerprint density at radius 2 is 0.324 bits per heavy atom. The van der Waals surface area contributed by atoms with Crippen molar-refractivity contribution in [1.82, 2.24) is 0 Å². The average Bonchev–Trinajstić information content (AvgIpc) is 1.62. The second-order valence-corrected chi connectivity index (χ2v) is 36.9. The van der Waals surface area contributed by atoms with Crippen molar-refractivity contribution < 1.29 is 17.7 Å². The highest BCUT2D eigenvalue weighted by atomic mass is 16.3. The minimum atomic E-state index is 0.548. The summed E-state index contributed by atoms with van der Waals surface area (Å²) in [6.07, 6.45) is 0. The summed E-state index contributed by atoms with van der Waals surface area (Å²) in [6, 6.07) is 165. The van der Waals surface area contributed by atoms with Crippen LogP contribution in [-0.4, -0.2) is 0 Å². The number of rotatable bonds is 16. The SMILES string of the molecule is CC(C)c1ccc(-c2ccc(-c3ccc(-c4ccc5c(c4)oc4ccccc45)cc3)cc2)cc1.CC(C)c1ccc(-c2ccc(-c3ccc(-c4ccc5oc6ccccc6c5c4)cc3)cc2)cc1.CC(C)c1ccc(-c2ccc(-c3ccc(-c4cccc5c4oc4ccccc45)cc3)cc2)cc1.CC(C)c1ccc(-c2cccc(-c3ccc(-c4ccc5oc6ccccc6c5c4)cc3)c2)cc1. The van der Waals surface area contributed by atoms with Gasteiger partial charge < -0.3 is 17.7 Å². The smallest absolute Gasteiger partial charge is 0.143 e. The summed E-state index contributed by atoms with van der Waals surface area (Å²) in [5, 5.41) is 9.30. The lowest BCUT2D eigenvalue weighted by Crippen LogP contribution is -1.87. The third kappa shape index (κ3) is 18.2. The predicted molar refractivity (Wildman–Crippen MR) is 576 cm³/mol. The predicted octanol–water partition coefficient (Wildman–Crippen LogP) is 38.8. The molecule has 4 heteroatoms. The minimum absolute atomic E-state index is 0.548. The molecule has 0 radical (unpaired) electrons. The molecule has 0 unspecified atom stereocenters. The van der Waals surface area contributed by atoms with Gasteiger partial charge >= 0.3 is 0 Å². The summed E-state index contributed by atoms with van der Waals surface area (Å²) in [4.78, 5) is 0. The highest BCUT2D eigenvalue weighted by Crippen LogP contribution is 2.42. The summed E-state index contributed by atoms with van der Waals surface area (Å²) in [5.74, 6) is 2.21. The third-order valence-electron chi connectivity index (χ3n) is 26.9. The molecule has 4 nitrogen and oxygen atoms in total. The Morgan fingerprint density at radius 3 is 0.632 bits per heavy atom. The summed E-state index contributed by atoms with van der Waals surface area (Å²) in [6.45, 7) is 17.8. The van der Waals surface area contributed by atoms with Crippen molar-refractivity contribution >= 4 is 87.8 Å². The molecule has 24 aromatic rings. The van der Waals surface area contributed by atoms with Gasteiger partial charge in [0.2, 0.25) is 0 Å². The normalized spacial score (nSPS) is 11.5. The fraction of sp³-hybridized carbons (Fsp3) is 0.0909. The van der Waals surface area contributed by atoms with E-state index in [9.17, 15) is 0 Å². The lowest BCUT2D eigenvalue weighted by atomic mass is 9.95. The molecule has 0 aliphatic carbocycles. The van der Waals surface area contributed by atoms with Gasteiger partial charge in [0.25, 0.3) is 0 Å². The molecule has 0 saturated carbocycles. The lowest BCUT2D eigenvalue weighted by Gasteiger charge is -2.09. The Balaban J connectivity index is 0.000000108. The molecule has 0 aliphatic rings. The molecule has 136 heavy (non-hydrogen) atoms. The maximum atomic E-state index is 6.23. The van der Waals surface area contributed by atoms with Crippen LogP contribution in [0.2, 0.25) is 0 Å². The van der Waals surface area contributed by atoms with E-state index in [4.69, 9.17) is 17.7 Å². The van der Waals surface area contributed by atoms with Gasteiger partial charge in [0.1, 0.15) is 44.7 Å². The zero-order chi connectivity index (χ0) is 92.3. The molecule has 20 aromatic carbocycles. The Bertz CT molecular complexity index is 8310. The van der Waals surface area contributed by atoms with E-state index in [1.807, 2.05) is 48.5 Å². The molecule has 0 atom stereocenters. The van der Waals surface area contributed by atoms with Crippen molar-refractivity contribution in [3.8, 4) is 134 Å². The number of hydrogen-bond donors (Lipinski definition) is 0. The van der Waals surface area contributed by atoms with E-state index in [-0.39, 0.29) is 0 Å². The second-order valence-electron chi connectivity index (χ2n) is 36.9. The van der Waals surface area contributed by atoms with Gasteiger partial charge in [-0.15, -0.1) is 0 Å². The molecule has 0 spiro atoms. The van der Waals surface area contributed by atoms with Crippen LogP contribution in [0.25, 0.3) is 221 Å². The van der Waals surface area contributed by atoms with Gasteiger partial charge in [-0.25, -0.2) is 0 Å². The number of fused-ring (bicyclic) bond motifs is 12. The van der Waals surface area contributed by atoms with Crippen LogP contribution < -0.4 is 0 Å². The van der Waals surface area contributed by atoms with Gasteiger partial charge in [-0.3, -0.25) is 0 Å². The lowest BCUT2D eigenvalue weighted by molar-refractivity contribution is 0.668. The number of hydrogen-bond acceptors (Lipinski definition) is 4. The fourth-order valence-electron chi connectivity index (χ4n) is 18.8. The molecule has 0 saturated heterocycles. The highest BCUT2D eigenvalue weighted by molar-refractivity contribution is 6.11. The van der Waals surface area contributed by atoms with E-state index in [1.54, 1.807) is 0 Å². The van der Waals surface area contributed by atoms with E-state index in [1.165, 1.54) is 150 Å². The van der Waals surface area contributed by atoms with Crippen LogP contribution in [0.4, 0.5) is 0 Å². The van der Waals surface area contributed by atoms with Crippen LogP contribution >= 0.6 is 0 Å². The Hall–Kier alpha value is -16.4. The van der Waals surface area contributed by atoms with E-state index in [2.05, 4.69) is 468 Å². The van der Waals surface area contributed by atoms with Crippen LogP contribution in [0.5, 0.6) is 0 Å². The van der Waals surface area contributed by atoms with Crippen LogP contribution in [-0.2, 0) is 0 Å². The van der Waals surface area contributed by atoms with Gasteiger partial charge in [-0.05, 0) is 241 Å². The maximum Gasteiger partial charge on any atom is 0.143 e. The van der Waals surface area contributed by atoms with Crippen molar-refractivity contribution in [2.45, 2.75) is 79.1 Å². The zero-order valence-electron chi connectivity index (χ0n) is 77.8. The monoisotopic (exact) mass is 1750 g/mol. The molecule has 4 heterocycles. The van der Waals surface area contributed by atoms with Crippen LogP contribution in [0.1, 0.15) is 101 Å². The first-order valence-electron chi connectivity index (χ1n) is 47.5. The summed E-state index contributed by atoms with van der Waals surface area (Å²) >= 11 is 0. The number of benzene rings is 20. The van der Waals surface area contributed by atoms with E-state index in [0.717, 1.165) is 93.5 Å². The topological polar surface area (TPSA) is 52.6 Å². The molecule has 0 bridgehead atoms. The summed E-state index contributed by atoms with van der Waals surface area (Å²) in [5.41, 5.74) is 42.2. The average molecular weight is 1750 g/mol. The van der Waals surface area contributed by atoms with Gasteiger partial charge in [0.15, 0.2) is 0 Å². The van der Waals surface area contributed by atoms with E-state index < -0.39 is 0 Å². The minimum Gasteiger partial charge on any atom is -0.456 e. The van der Waals surface area contributed by atoms with Crippen LogP contribution in [0.15, 0.2) is 479 Å². The van der Waals surface area contributed by atoms with Crippen molar-refractivity contribution in [1.29, 1.82) is 0 Å². The van der Waals surface area contributed by atoms with Gasteiger partial charge in [-0.1, -0.05) is 450 Å². The molecule has 0 fully saturated rings. The molecular formula is C132H104O4. The summed E-state index contributed by atoms with van der Waals surface area (Å²) < 4.78 is 24.3. The van der Waals surface area contributed by atoms with Crippen molar-refractivity contribution in [2.24, 2.45) is 0 Å². The van der Waals surface area contributed by atoms with Gasteiger partial charge in [0, 0.05) is 48.7 Å². The number of para-hydroxylation sites is 5. The molecule has 0 N–H and O–H groups in total. The molecule has 24 rings (SSSR count). The molecular weight excluding hydrogens is 1650 g/mol. The Labute approximate surface area is 795 Å². The standard InChI is InChI=1S/4C33H26O/c1-22(2)23-10-12-24(13-11-23)27-6-5-7-28(20-27)25-14-16-26(17-15-25)29-18-19-33-31(21-29)30-8-3-4-9-32(30)34-33;1-22(2)23-10-12-24(13-11-23)25-14-16-26(17-15-25)27-18-20-28(21-19-27)29-7-5-8-31-30-6-3-4-9-32(30)34-33(29)31;1-22(2)23-7-9-24(10-8-23)25-11-13-26(14-12-25)27-15-17-28(18-16-27)29-19-20-33-31(21-29)30-5-3-4-6-32(30)34-33;1-22(2)23-7-9-24(10-8-23)25-11-13-26(14-12-25)27-15-17-28(18-16-27)29-19-20-31-30-5-3-4-6-32(30)34-33(31)21-29/h4*3-22H,1-2H3. The molecule has 0 amide bonds. The quantitative estimate of drug-likeness (QED) is 0.0967. The Morgan fingerprint density at radius 1 is 0.125 bits per heavy atom. The third-order valence-corrected chi connectivity index (χ3v) is 26.9. The van der Waals surface area contributed by atoms with Crippen LogP contribution in [0.3, 0.4) is 0 Å². The largest absolute Gasteiger partial charge is 0.456 e. The fourth-order valence-corrected chi connectivity index (χ4v) is 18.8. The van der Waals surface area contributed by atoms with Crippen molar-refractivity contribution in [2.75, 3.05) is 0 Å². The second kappa shape index (κ2) is 38.1. The first-order chi connectivity index (χ1) is 66.6. The zero-order valence-corrected chi connectivity index (χ0v) is 77.8. The van der Waals surface area contributed by atoms with Crippen molar-refractivity contribution in [3.63, 3.8) is 0 Å². The maximum absolute atomic E-state index is 6.23. The van der Waals surface area contributed by atoms with E-state index in [0.29, 0.717) is 23.7 Å².